The molecule has 0 saturated heterocycles. The summed E-state index contributed by atoms with van der Waals surface area (Å²) in [7, 11) is 1.53. The Morgan fingerprint density at radius 1 is 1.48 bits per heavy atom. The van der Waals surface area contributed by atoms with E-state index in [-0.39, 0.29) is 12.5 Å². The van der Waals surface area contributed by atoms with Crippen molar-refractivity contribution in [2.45, 2.75) is 20.0 Å². The van der Waals surface area contributed by atoms with Crippen molar-refractivity contribution in [1.29, 1.82) is 0 Å². The van der Waals surface area contributed by atoms with Crippen LogP contribution >= 0.6 is 11.6 Å². The van der Waals surface area contributed by atoms with Gasteiger partial charge in [0.15, 0.2) is 0 Å². The number of amides is 2. The van der Waals surface area contributed by atoms with Crippen LogP contribution in [0.15, 0.2) is 18.2 Å². The highest BCUT2D eigenvalue weighted by Gasteiger charge is 2.11. The van der Waals surface area contributed by atoms with Gasteiger partial charge in [0, 0.05) is 18.7 Å². The molecule has 0 aliphatic heterocycles. The Labute approximate surface area is 126 Å². The fourth-order valence-electron chi connectivity index (χ4n) is 1.75. The van der Waals surface area contributed by atoms with Gasteiger partial charge in [-0.3, -0.25) is 5.32 Å². The standard InChI is InChI=1S/C12H15ClN6O2/c1-3-19-11(16-17-18-19)15-12(20)14-7-8-5-4-6-9(13)10(8)21-2/h4-6H,3,7H2,1-2H3,(H2,14,15,16,18,20). The SMILES string of the molecule is CCn1nnnc1NC(=O)NCc1cccc(Cl)c1OC. The van der Waals surface area contributed by atoms with E-state index in [0.29, 0.717) is 17.3 Å². The van der Waals surface area contributed by atoms with Gasteiger partial charge in [0.25, 0.3) is 5.95 Å². The van der Waals surface area contributed by atoms with Crippen molar-refractivity contribution in [3.05, 3.63) is 28.8 Å². The van der Waals surface area contributed by atoms with Crippen molar-refractivity contribution in [3.8, 4) is 5.75 Å². The Kier molecular flexibility index (Phi) is 4.94. The van der Waals surface area contributed by atoms with Gasteiger partial charge in [0.1, 0.15) is 5.75 Å². The Morgan fingerprint density at radius 3 is 3.00 bits per heavy atom. The first-order valence-electron chi connectivity index (χ1n) is 6.28. The summed E-state index contributed by atoms with van der Waals surface area (Å²) in [6.07, 6.45) is 0. The molecule has 112 valence electrons. The molecule has 0 fully saturated rings. The van der Waals surface area contributed by atoms with Crippen LogP contribution in [0.5, 0.6) is 5.75 Å². The minimum absolute atomic E-state index is 0.267. The second-order valence-corrected chi connectivity index (χ2v) is 4.47. The van der Waals surface area contributed by atoms with Crippen molar-refractivity contribution in [1.82, 2.24) is 25.5 Å². The van der Waals surface area contributed by atoms with Gasteiger partial charge in [0.05, 0.1) is 12.1 Å². The van der Waals surface area contributed by atoms with E-state index in [0.717, 1.165) is 5.56 Å². The molecule has 0 spiro atoms. The molecule has 2 aromatic rings. The largest absolute Gasteiger partial charge is 0.495 e. The molecule has 8 nitrogen and oxygen atoms in total. The van der Waals surface area contributed by atoms with Crippen LogP contribution < -0.4 is 15.4 Å². The molecule has 21 heavy (non-hydrogen) atoms. The summed E-state index contributed by atoms with van der Waals surface area (Å²) in [5.74, 6) is 0.825. The van der Waals surface area contributed by atoms with Crippen LogP contribution in [0.2, 0.25) is 5.02 Å². The molecule has 1 aromatic carbocycles. The summed E-state index contributed by atoms with van der Waals surface area (Å²) >= 11 is 6.02. The van der Waals surface area contributed by atoms with Gasteiger partial charge in [0.2, 0.25) is 0 Å². The first kappa shape index (κ1) is 15.0. The number of aromatic nitrogens is 4. The number of urea groups is 1. The number of rotatable bonds is 5. The van der Waals surface area contributed by atoms with Gasteiger partial charge >= 0.3 is 6.03 Å². The first-order valence-corrected chi connectivity index (χ1v) is 6.66. The number of halogens is 1. The van der Waals surface area contributed by atoms with E-state index in [4.69, 9.17) is 16.3 Å². The average molecular weight is 311 g/mol. The summed E-state index contributed by atoms with van der Waals surface area (Å²) in [5.41, 5.74) is 0.773. The number of nitrogens with zero attached hydrogens (tertiary/aromatic N) is 4. The molecule has 1 aromatic heterocycles. The molecule has 0 bridgehead atoms. The van der Waals surface area contributed by atoms with Gasteiger partial charge < -0.3 is 10.1 Å². The summed E-state index contributed by atoms with van der Waals surface area (Å²) in [6, 6.07) is 4.92. The summed E-state index contributed by atoms with van der Waals surface area (Å²) < 4.78 is 6.68. The molecule has 1 heterocycles. The fourth-order valence-corrected chi connectivity index (χ4v) is 2.02. The molecule has 9 heteroatoms. The lowest BCUT2D eigenvalue weighted by molar-refractivity contribution is 0.251. The van der Waals surface area contributed by atoms with Crippen LogP contribution in [0, 0.1) is 0 Å². The third-order valence-corrected chi connectivity index (χ3v) is 3.05. The smallest absolute Gasteiger partial charge is 0.321 e. The maximum atomic E-state index is 11.8. The summed E-state index contributed by atoms with van der Waals surface area (Å²) in [6.45, 7) is 2.70. The van der Waals surface area contributed by atoms with E-state index in [1.165, 1.54) is 11.8 Å². The third kappa shape index (κ3) is 3.60. The Morgan fingerprint density at radius 2 is 2.29 bits per heavy atom. The van der Waals surface area contributed by atoms with Gasteiger partial charge in [-0.1, -0.05) is 28.8 Å². The Hall–Kier alpha value is -2.35. The summed E-state index contributed by atoms with van der Waals surface area (Å²) in [5, 5.41) is 16.7. The number of anilines is 1. The van der Waals surface area contributed by atoms with Crippen LogP contribution in [0.1, 0.15) is 12.5 Å². The molecular formula is C12H15ClN6O2. The number of aryl methyl sites for hydroxylation is 1. The predicted molar refractivity (Wildman–Crippen MR) is 77.4 cm³/mol. The number of nitrogens with one attached hydrogen (secondary N) is 2. The van der Waals surface area contributed by atoms with Gasteiger partial charge in [-0.15, -0.1) is 0 Å². The highest BCUT2D eigenvalue weighted by atomic mass is 35.5. The monoisotopic (exact) mass is 310 g/mol. The van der Waals surface area contributed by atoms with Crippen LogP contribution in [0.4, 0.5) is 10.7 Å². The molecule has 2 N–H and O–H groups in total. The minimum Gasteiger partial charge on any atom is -0.495 e. The van der Waals surface area contributed by atoms with Gasteiger partial charge in [-0.2, -0.15) is 0 Å². The lowest BCUT2D eigenvalue weighted by Gasteiger charge is -2.11. The topological polar surface area (TPSA) is 94.0 Å². The number of para-hydroxylation sites is 1. The normalized spacial score (nSPS) is 10.2. The number of carbonyl (C=O) groups is 1. The Balaban J connectivity index is 1.97. The molecule has 2 amide bonds. The number of hydrogen-bond donors (Lipinski definition) is 2. The van der Waals surface area contributed by atoms with E-state index >= 15 is 0 Å². The molecule has 0 atom stereocenters. The van der Waals surface area contributed by atoms with Crippen LogP contribution in [-0.2, 0) is 13.1 Å². The highest BCUT2D eigenvalue weighted by Crippen LogP contribution is 2.27. The second-order valence-electron chi connectivity index (χ2n) is 4.06. The zero-order chi connectivity index (χ0) is 15.2. The van der Waals surface area contributed by atoms with Crippen LogP contribution in [0.25, 0.3) is 0 Å². The molecule has 0 saturated carbocycles. The zero-order valence-corrected chi connectivity index (χ0v) is 12.4. The van der Waals surface area contributed by atoms with Gasteiger partial charge in [-0.05, 0) is 23.4 Å². The van der Waals surface area contributed by atoms with E-state index in [1.807, 2.05) is 13.0 Å². The maximum Gasteiger partial charge on any atom is 0.321 e. The van der Waals surface area contributed by atoms with Crippen molar-refractivity contribution in [3.63, 3.8) is 0 Å². The van der Waals surface area contributed by atoms with Crippen molar-refractivity contribution in [2.75, 3.05) is 12.4 Å². The van der Waals surface area contributed by atoms with Crippen molar-refractivity contribution in [2.24, 2.45) is 0 Å². The van der Waals surface area contributed by atoms with Crippen LogP contribution in [0.3, 0.4) is 0 Å². The number of methoxy groups -OCH3 is 1. The quantitative estimate of drug-likeness (QED) is 0.876. The van der Waals surface area contributed by atoms with E-state index in [2.05, 4.69) is 26.2 Å². The molecule has 0 radical (unpaired) electrons. The second kappa shape index (κ2) is 6.89. The highest BCUT2D eigenvalue weighted by molar-refractivity contribution is 6.32. The number of tetrazole rings is 1. The van der Waals surface area contributed by atoms with Gasteiger partial charge in [-0.25, -0.2) is 9.48 Å². The molecule has 0 aliphatic carbocycles. The lowest BCUT2D eigenvalue weighted by Crippen LogP contribution is -2.29. The molecule has 2 rings (SSSR count). The van der Waals surface area contributed by atoms with Crippen LogP contribution in [-0.4, -0.2) is 33.3 Å². The fraction of sp³-hybridized carbons (Fsp3) is 0.333. The number of carbonyl (C=O) groups excluding carboxylic acids is 1. The predicted octanol–water partition coefficient (Wildman–Crippen LogP) is 1.68. The number of benzene rings is 1. The van der Waals surface area contributed by atoms with E-state index in [9.17, 15) is 4.79 Å². The first-order chi connectivity index (χ1) is 10.2. The zero-order valence-electron chi connectivity index (χ0n) is 11.6. The minimum atomic E-state index is -0.415. The van der Waals surface area contributed by atoms with Crippen molar-refractivity contribution >= 4 is 23.6 Å². The van der Waals surface area contributed by atoms with Crippen molar-refractivity contribution < 1.29 is 9.53 Å². The Bertz CT molecular complexity index is 630. The molecule has 0 aliphatic rings. The summed E-state index contributed by atoms with van der Waals surface area (Å²) in [4.78, 5) is 11.8. The average Bonchev–Trinajstić information content (AvgIpc) is 2.92. The maximum absolute atomic E-state index is 11.8. The third-order valence-electron chi connectivity index (χ3n) is 2.75. The number of ether oxygens (including phenoxy) is 1. The molecular weight excluding hydrogens is 296 g/mol. The lowest BCUT2D eigenvalue weighted by atomic mass is 10.2. The van der Waals surface area contributed by atoms with E-state index in [1.54, 1.807) is 12.1 Å². The number of hydrogen-bond acceptors (Lipinski definition) is 5. The van der Waals surface area contributed by atoms with E-state index < -0.39 is 6.03 Å². The molecule has 0 unspecified atom stereocenters.